The van der Waals surface area contributed by atoms with Gasteiger partial charge in [-0.15, -0.1) is 0 Å². The van der Waals surface area contributed by atoms with Crippen molar-refractivity contribution in [2.24, 2.45) is 0 Å². The molecule has 1 atom stereocenters. The third kappa shape index (κ3) is 3.99. The Bertz CT molecular complexity index is 706. The van der Waals surface area contributed by atoms with Crippen molar-refractivity contribution in [3.63, 3.8) is 0 Å². The number of benzene rings is 2. The maximum atomic E-state index is 13.5. The molecule has 1 amide bonds. The Morgan fingerprint density at radius 2 is 1.70 bits per heavy atom. The monoisotopic (exact) mass is 339 g/mol. The Kier molecular flexibility index (Phi) is 5.21. The molecule has 0 bridgehead atoms. The zero-order valence-electron chi connectivity index (χ0n) is 12.9. The lowest BCUT2D eigenvalue weighted by Crippen LogP contribution is -2.30. The third-order valence-electron chi connectivity index (χ3n) is 3.30. The van der Waals surface area contributed by atoms with Crippen LogP contribution in [0.1, 0.15) is 18.1 Å². The van der Waals surface area contributed by atoms with E-state index in [4.69, 9.17) is 16.3 Å². The molecule has 0 aliphatic heterocycles. The molecule has 2 aromatic rings. The lowest BCUT2D eigenvalue weighted by Gasteiger charge is -2.16. The topological polar surface area (TPSA) is 38.3 Å². The minimum absolute atomic E-state index is 0.459. The number of para-hydroxylation sites is 1. The maximum absolute atomic E-state index is 13.5. The van der Waals surface area contributed by atoms with E-state index in [1.807, 2.05) is 13.8 Å². The number of rotatable bonds is 4. The first-order valence-corrected chi connectivity index (χ1v) is 7.35. The molecule has 122 valence electrons. The summed E-state index contributed by atoms with van der Waals surface area (Å²) in [5.41, 5.74) is 1.14. The van der Waals surface area contributed by atoms with Gasteiger partial charge in [-0.3, -0.25) is 4.79 Å². The quantitative estimate of drug-likeness (QED) is 0.881. The summed E-state index contributed by atoms with van der Waals surface area (Å²) in [4.78, 5) is 12.1. The van der Waals surface area contributed by atoms with Gasteiger partial charge in [0.15, 0.2) is 6.10 Å². The summed E-state index contributed by atoms with van der Waals surface area (Å²) in [6, 6.07) is 6.75. The zero-order valence-corrected chi connectivity index (χ0v) is 13.7. The van der Waals surface area contributed by atoms with Gasteiger partial charge in [-0.1, -0.05) is 17.7 Å². The Labute approximate surface area is 138 Å². The fourth-order valence-electron chi connectivity index (χ4n) is 2.07. The molecular formula is C17H16ClF2NO2. The second kappa shape index (κ2) is 6.96. The van der Waals surface area contributed by atoms with E-state index in [1.54, 1.807) is 12.1 Å². The van der Waals surface area contributed by atoms with Gasteiger partial charge in [0.25, 0.3) is 5.91 Å². The van der Waals surface area contributed by atoms with Crippen LogP contribution in [-0.2, 0) is 4.79 Å². The second-order valence-electron chi connectivity index (χ2n) is 5.22. The highest BCUT2D eigenvalue weighted by molar-refractivity contribution is 6.32. The van der Waals surface area contributed by atoms with Crippen molar-refractivity contribution in [3.05, 3.63) is 58.1 Å². The summed E-state index contributed by atoms with van der Waals surface area (Å²) in [5.74, 6) is -1.88. The molecule has 0 heterocycles. The predicted octanol–water partition coefficient (Wildman–Crippen LogP) is 4.64. The number of ether oxygens (including phenoxy) is 1. The van der Waals surface area contributed by atoms with Gasteiger partial charge in [0.2, 0.25) is 0 Å². The van der Waals surface area contributed by atoms with E-state index < -0.39 is 29.3 Å². The van der Waals surface area contributed by atoms with Crippen molar-refractivity contribution >= 4 is 23.2 Å². The molecule has 2 aromatic carbocycles. The summed E-state index contributed by atoms with van der Waals surface area (Å²) < 4.78 is 32.6. The summed E-state index contributed by atoms with van der Waals surface area (Å²) in [6.07, 6.45) is -0.936. The molecular weight excluding hydrogens is 324 g/mol. The van der Waals surface area contributed by atoms with Crippen LogP contribution in [0.5, 0.6) is 5.75 Å². The highest BCUT2D eigenvalue weighted by Crippen LogP contribution is 2.26. The lowest BCUT2D eigenvalue weighted by atomic mass is 10.1. The molecule has 0 spiro atoms. The second-order valence-corrected chi connectivity index (χ2v) is 5.60. The first kappa shape index (κ1) is 17.2. The summed E-state index contributed by atoms with van der Waals surface area (Å²) >= 11 is 6.07. The maximum Gasteiger partial charge on any atom is 0.265 e. The van der Waals surface area contributed by atoms with Crippen LogP contribution in [0.15, 0.2) is 30.3 Å². The SMILES string of the molecule is Cc1cc(O[C@H](C)C(=O)Nc2c(F)cccc2F)cc(C)c1Cl. The highest BCUT2D eigenvalue weighted by atomic mass is 35.5. The first-order chi connectivity index (χ1) is 10.8. The average molecular weight is 340 g/mol. The number of hydrogen-bond donors (Lipinski definition) is 1. The van der Waals surface area contributed by atoms with Crippen LogP contribution in [0.2, 0.25) is 5.02 Å². The Balaban J connectivity index is 2.12. The predicted molar refractivity (Wildman–Crippen MR) is 86.0 cm³/mol. The van der Waals surface area contributed by atoms with Crippen LogP contribution in [-0.4, -0.2) is 12.0 Å². The molecule has 1 N–H and O–H groups in total. The van der Waals surface area contributed by atoms with Gasteiger partial charge in [-0.25, -0.2) is 8.78 Å². The molecule has 0 radical (unpaired) electrons. The standard InChI is InChI=1S/C17H16ClF2NO2/c1-9-7-12(8-10(2)15(9)18)23-11(3)17(22)21-16-13(19)5-4-6-14(16)20/h4-8,11H,1-3H3,(H,21,22)/t11-/m1/s1. The molecule has 3 nitrogen and oxygen atoms in total. The lowest BCUT2D eigenvalue weighted by molar-refractivity contribution is -0.122. The number of carbonyl (C=O) groups excluding carboxylic acids is 1. The summed E-state index contributed by atoms with van der Waals surface area (Å²) in [6.45, 7) is 5.14. The van der Waals surface area contributed by atoms with Crippen LogP contribution in [0.3, 0.4) is 0 Å². The number of amides is 1. The largest absolute Gasteiger partial charge is 0.481 e. The Morgan fingerprint density at radius 1 is 1.17 bits per heavy atom. The van der Waals surface area contributed by atoms with Gasteiger partial charge in [0, 0.05) is 5.02 Å². The van der Waals surface area contributed by atoms with Crippen molar-refractivity contribution in [3.8, 4) is 5.75 Å². The Morgan fingerprint density at radius 3 is 2.22 bits per heavy atom. The van der Waals surface area contributed by atoms with Gasteiger partial charge in [0.1, 0.15) is 23.1 Å². The smallest absolute Gasteiger partial charge is 0.265 e. The van der Waals surface area contributed by atoms with E-state index >= 15 is 0 Å². The van der Waals surface area contributed by atoms with Crippen molar-refractivity contribution < 1.29 is 18.3 Å². The van der Waals surface area contributed by atoms with E-state index in [9.17, 15) is 13.6 Å². The number of carbonyl (C=O) groups is 1. The van der Waals surface area contributed by atoms with Gasteiger partial charge in [-0.05, 0) is 56.2 Å². The fraction of sp³-hybridized carbons (Fsp3) is 0.235. The number of hydrogen-bond acceptors (Lipinski definition) is 2. The Hall–Kier alpha value is -2.14. The van der Waals surface area contributed by atoms with E-state index in [0.717, 1.165) is 23.3 Å². The first-order valence-electron chi connectivity index (χ1n) is 6.98. The van der Waals surface area contributed by atoms with Crippen LogP contribution in [0, 0.1) is 25.5 Å². The van der Waals surface area contributed by atoms with Crippen LogP contribution in [0.4, 0.5) is 14.5 Å². The van der Waals surface area contributed by atoms with E-state index in [1.165, 1.54) is 13.0 Å². The van der Waals surface area contributed by atoms with Gasteiger partial charge < -0.3 is 10.1 Å². The number of anilines is 1. The van der Waals surface area contributed by atoms with Crippen LogP contribution in [0.25, 0.3) is 0 Å². The molecule has 23 heavy (non-hydrogen) atoms. The van der Waals surface area contributed by atoms with Gasteiger partial charge in [-0.2, -0.15) is 0 Å². The van der Waals surface area contributed by atoms with E-state index in [0.29, 0.717) is 10.8 Å². The molecule has 0 saturated carbocycles. The fourth-order valence-corrected chi connectivity index (χ4v) is 2.18. The molecule has 0 fully saturated rings. The third-order valence-corrected chi connectivity index (χ3v) is 3.90. The molecule has 0 aliphatic rings. The van der Waals surface area contributed by atoms with Gasteiger partial charge in [0.05, 0.1) is 0 Å². The molecule has 0 unspecified atom stereocenters. The summed E-state index contributed by atoms with van der Waals surface area (Å²) in [5, 5.41) is 2.83. The van der Waals surface area contributed by atoms with Crippen molar-refractivity contribution in [2.45, 2.75) is 26.9 Å². The molecule has 2 rings (SSSR count). The van der Waals surface area contributed by atoms with E-state index in [2.05, 4.69) is 5.32 Å². The minimum atomic E-state index is -0.936. The number of halogens is 3. The molecule has 0 aromatic heterocycles. The zero-order chi connectivity index (χ0) is 17.1. The highest BCUT2D eigenvalue weighted by Gasteiger charge is 2.19. The molecule has 0 aliphatic carbocycles. The van der Waals surface area contributed by atoms with Crippen molar-refractivity contribution in [1.82, 2.24) is 0 Å². The van der Waals surface area contributed by atoms with Gasteiger partial charge >= 0.3 is 0 Å². The average Bonchev–Trinajstić information content (AvgIpc) is 2.48. The van der Waals surface area contributed by atoms with Crippen molar-refractivity contribution in [1.29, 1.82) is 0 Å². The molecule has 0 saturated heterocycles. The number of nitrogens with one attached hydrogen (secondary N) is 1. The summed E-state index contributed by atoms with van der Waals surface area (Å²) in [7, 11) is 0. The molecule has 6 heteroatoms. The van der Waals surface area contributed by atoms with Crippen LogP contribution < -0.4 is 10.1 Å². The van der Waals surface area contributed by atoms with Crippen molar-refractivity contribution in [2.75, 3.05) is 5.32 Å². The van der Waals surface area contributed by atoms with Crippen LogP contribution >= 0.6 is 11.6 Å². The minimum Gasteiger partial charge on any atom is -0.481 e. The normalized spacial score (nSPS) is 11.9. The van der Waals surface area contributed by atoms with E-state index in [-0.39, 0.29) is 0 Å². The number of aryl methyl sites for hydroxylation is 2.